The molecule has 0 aromatic rings. The largest absolute Gasteiger partial charge is 0.134 e. The summed E-state index contributed by atoms with van der Waals surface area (Å²) in [6, 6.07) is 0. The molecule has 0 aromatic carbocycles. The van der Waals surface area contributed by atoms with Crippen molar-refractivity contribution >= 4 is 9.24 Å². The Morgan fingerprint density at radius 1 is 1.44 bits per heavy atom. The molecule has 0 nitrogen and oxygen atoms in total. The van der Waals surface area contributed by atoms with Gasteiger partial charge in [-0.1, -0.05) is 19.8 Å². The quantitative estimate of drug-likeness (QED) is 0.523. The van der Waals surface area contributed by atoms with Crippen LogP contribution in [0.15, 0.2) is 0 Å². The van der Waals surface area contributed by atoms with Gasteiger partial charge in [-0.05, 0) is 30.8 Å². The molecule has 0 aromatic heterocycles. The van der Waals surface area contributed by atoms with Crippen LogP contribution in [-0.2, 0) is 0 Å². The van der Waals surface area contributed by atoms with Crippen LogP contribution in [0.3, 0.4) is 0 Å². The summed E-state index contributed by atoms with van der Waals surface area (Å²) in [7, 11) is 2.98. The van der Waals surface area contributed by atoms with E-state index in [1.807, 2.05) is 0 Å². The van der Waals surface area contributed by atoms with Gasteiger partial charge in [0.15, 0.2) is 0 Å². The minimum atomic E-state index is 0.910. The Labute approximate surface area is 60.6 Å². The third-order valence-electron chi connectivity index (χ3n) is 2.48. The molecule has 1 fully saturated rings. The Kier molecular flexibility index (Phi) is 2.98. The second kappa shape index (κ2) is 3.56. The van der Waals surface area contributed by atoms with Crippen molar-refractivity contribution in [3.05, 3.63) is 0 Å². The van der Waals surface area contributed by atoms with E-state index in [4.69, 9.17) is 0 Å². The predicted molar refractivity (Wildman–Crippen MR) is 45.7 cm³/mol. The molecule has 0 saturated heterocycles. The zero-order valence-corrected chi connectivity index (χ0v) is 7.42. The van der Waals surface area contributed by atoms with Crippen LogP contribution in [0.2, 0.25) is 0 Å². The third kappa shape index (κ3) is 1.93. The minimum absolute atomic E-state index is 0.910. The fourth-order valence-electron chi connectivity index (χ4n) is 1.72. The molecular formula is C8H17P. The molecule has 9 heavy (non-hydrogen) atoms. The van der Waals surface area contributed by atoms with E-state index in [0.717, 1.165) is 11.6 Å². The topological polar surface area (TPSA) is 0 Å². The average molecular weight is 144 g/mol. The molecule has 0 amide bonds. The smallest absolute Gasteiger partial charge is 0.0238 e. The predicted octanol–water partition coefficient (Wildman–Crippen LogP) is 2.83. The Balaban J connectivity index is 2.24. The van der Waals surface area contributed by atoms with Gasteiger partial charge >= 0.3 is 0 Å². The standard InChI is InChI=1S/C8H17P/c1-2-8(9)7-5-3-4-6-7/h7-8H,2-6,9H2,1H3. The molecule has 54 valence electrons. The first-order valence-electron chi connectivity index (χ1n) is 4.10. The summed E-state index contributed by atoms with van der Waals surface area (Å²) < 4.78 is 0. The van der Waals surface area contributed by atoms with E-state index in [1.54, 1.807) is 0 Å². The molecule has 1 rings (SSSR count). The number of rotatable bonds is 2. The van der Waals surface area contributed by atoms with Gasteiger partial charge in [-0.3, -0.25) is 0 Å². The fraction of sp³-hybridized carbons (Fsp3) is 1.00. The summed E-state index contributed by atoms with van der Waals surface area (Å²) in [6.45, 7) is 2.29. The molecule has 1 aliphatic carbocycles. The first-order valence-corrected chi connectivity index (χ1v) is 4.77. The normalized spacial score (nSPS) is 24.7. The molecule has 0 bridgehead atoms. The maximum Gasteiger partial charge on any atom is -0.0238 e. The van der Waals surface area contributed by atoms with Crippen LogP contribution in [0.25, 0.3) is 0 Å². The highest BCUT2D eigenvalue weighted by molar-refractivity contribution is 7.17. The Morgan fingerprint density at radius 3 is 2.44 bits per heavy atom. The molecular weight excluding hydrogens is 127 g/mol. The summed E-state index contributed by atoms with van der Waals surface area (Å²) in [5.74, 6) is 1.04. The summed E-state index contributed by atoms with van der Waals surface area (Å²) in [4.78, 5) is 0. The van der Waals surface area contributed by atoms with Crippen molar-refractivity contribution < 1.29 is 0 Å². The van der Waals surface area contributed by atoms with Crippen molar-refractivity contribution in [1.29, 1.82) is 0 Å². The van der Waals surface area contributed by atoms with Crippen LogP contribution in [0.1, 0.15) is 39.0 Å². The molecule has 0 spiro atoms. The lowest BCUT2D eigenvalue weighted by molar-refractivity contribution is 0.511. The van der Waals surface area contributed by atoms with Crippen LogP contribution in [0, 0.1) is 5.92 Å². The van der Waals surface area contributed by atoms with E-state index in [2.05, 4.69) is 16.2 Å². The van der Waals surface area contributed by atoms with Crippen LogP contribution in [0.4, 0.5) is 0 Å². The van der Waals surface area contributed by atoms with Gasteiger partial charge in [0.05, 0.1) is 0 Å². The molecule has 2 atom stereocenters. The highest BCUT2D eigenvalue weighted by Gasteiger charge is 2.19. The van der Waals surface area contributed by atoms with E-state index >= 15 is 0 Å². The Morgan fingerprint density at radius 2 is 2.00 bits per heavy atom. The fourth-order valence-corrected chi connectivity index (χ4v) is 2.10. The first kappa shape index (κ1) is 7.54. The van der Waals surface area contributed by atoms with Crippen LogP contribution in [0.5, 0.6) is 0 Å². The zero-order valence-electron chi connectivity index (χ0n) is 6.27. The van der Waals surface area contributed by atoms with E-state index in [1.165, 1.54) is 32.1 Å². The lowest BCUT2D eigenvalue weighted by Crippen LogP contribution is -2.08. The van der Waals surface area contributed by atoms with Gasteiger partial charge in [0.2, 0.25) is 0 Å². The van der Waals surface area contributed by atoms with E-state index in [9.17, 15) is 0 Å². The maximum atomic E-state index is 2.98. The Bertz CT molecular complexity index is 74.6. The highest BCUT2D eigenvalue weighted by atomic mass is 31.0. The molecule has 0 heterocycles. The monoisotopic (exact) mass is 144 g/mol. The summed E-state index contributed by atoms with van der Waals surface area (Å²) in [6.07, 6.45) is 7.28. The molecule has 0 radical (unpaired) electrons. The van der Waals surface area contributed by atoms with Crippen molar-refractivity contribution in [2.24, 2.45) is 5.92 Å². The number of hydrogen-bond donors (Lipinski definition) is 0. The van der Waals surface area contributed by atoms with Crippen LogP contribution < -0.4 is 0 Å². The number of hydrogen-bond acceptors (Lipinski definition) is 0. The van der Waals surface area contributed by atoms with Gasteiger partial charge in [0.1, 0.15) is 0 Å². The maximum absolute atomic E-state index is 2.98. The summed E-state index contributed by atoms with van der Waals surface area (Å²) >= 11 is 0. The van der Waals surface area contributed by atoms with Gasteiger partial charge in [-0.2, -0.15) is 0 Å². The minimum Gasteiger partial charge on any atom is -0.134 e. The van der Waals surface area contributed by atoms with Gasteiger partial charge in [-0.25, -0.2) is 0 Å². The molecule has 2 unspecified atom stereocenters. The third-order valence-corrected chi connectivity index (χ3v) is 3.49. The van der Waals surface area contributed by atoms with Crippen molar-refractivity contribution in [3.63, 3.8) is 0 Å². The molecule has 1 saturated carbocycles. The summed E-state index contributed by atoms with van der Waals surface area (Å²) in [5, 5.41) is 0. The first-order chi connectivity index (χ1) is 4.34. The van der Waals surface area contributed by atoms with E-state index in [0.29, 0.717) is 0 Å². The second-order valence-electron chi connectivity index (χ2n) is 3.12. The van der Waals surface area contributed by atoms with Gasteiger partial charge in [-0.15, -0.1) is 9.24 Å². The van der Waals surface area contributed by atoms with E-state index in [-0.39, 0.29) is 0 Å². The molecule has 0 aliphatic heterocycles. The molecule has 1 aliphatic rings. The SMILES string of the molecule is CCC(P)C1CCCC1. The van der Waals surface area contributed by atoms with Crippen molar-refractivity contribution in [2.75, 3.05) is 0 Å². The van der Waals surface area contributed by atoms with Crippen molar-refractivity contribution in [3.8, 4) is 0 Å². The van der Waals surface area contributed by atoms with Crippen molar-refractivity contribution in [2.45, 2.75) is 44.7 Å². The molecule has 0 N–H and O–H groups in total. The zero-order chi connectivity index (χ0) is 6.69. The van der Waals surface area contributed by atoms with Crippen molar-refractivity contribution in [1.82, 2.24) is 0 Å². The lowest BCUT2D eigenvalue weighted by atomic mass is 10.0. The van der Waals surface area contributed by atoms with Crippen LogP contribution in [-0.4, -0.2) is 5.66 Å². The second-order valence-corrected chi connectivity index (χ2v) is 3.97. The van der Waals surface area contributed by atoms with Gasteiger partial charge in [0, 0.05) is 0 Å². The van der Waals surface area contributed by atoms with Crippen LogP contribution >= 0.6 is 9.24 Å². The van der Waals surface area contributed by atoms with Gasteiger partial charge < -0.3 is 0 Å². The van der Waals surface area contributed by atoms with E-state index < -0.39 is 0 Å². The van der Waals surface area contributed by atoms with Gasteiger partial charge in [0.25, 0.3) is 0 Å². The lowest BCUT2D eigenvalue weighted by Gasteiger charge is -2.15. The summed E-state index contributed by atoms with van der Waals surface area (Å²) in [5.41, 5.74) is 0.910. The average Bonchev–Trinajstić information content (AvgIpc) is 2.37. The molecule has 1 heteroatoms. The Hall–Kier alpha value is 0.430. The highest BCUT2D eigenvalue weighted by Crippen LogP contribution is 2.32.